The number of nitrogens with one attached hydrogen (secondary N) is 2. The molecule has 0 spiro atoms. The highest BCUT2D eigenvalue weighted by Gasteiger charge is 2.27. The van der Waals surface area contributed by atoms with Crippen LogP contribution >= 0.6 is 0 Å². The van der Waals surface area contributed by atoms with Gasteiger partial charge < -0.3 is 16.4 Å². The molecule has 7 nitrogen and oxygen atoms in total. The van der Waals surface area contributed by atoms with Crippen molar-refractivity contribution < 1.29 is 4.79 Å². The van der Waals surface area contributed by atoms with Crippen molar-refractivity contribution in [2.24, 2.45) is 7.05 Å². The fourth-order valence-corrected chi connectivity index (χ4v) is 4.03. The highest BCUT2D eigenvalue weighted by Crippen LogP contribution is 2.42. The molecule has 2 amide bonds. The van der Waals surface area contributed by atoms with Crippen molar-refractivity contribution in [1.82, 2.24) is 20.1 Å². The maximum Gasteiger partial charge on any atom is 0.319 e. The zero-order chi connectivity index (χ0) is 22.2. The van der Waals surface area contributed by atoms with Gasteiger partial charge in [0.25, 0.3) is 0 Å². The second kappa shape index (κ2) is 8.00. The number of urea groups is 1. The topological polar surface area (TPSA) is 97.9 Å². The number of hydrogen-bond acceptors (Lipinski definition) is 4. The Kier molecular flexibility index (Phi) is 5.01. The lowest BCUT2D eigenvalue weighted by Crippen LogP contribution is -2.31. The SMILES string of the molecule is CC(NC(=O)Nc1ccc(-c2cc(C3CC3)nc3c2c(N)nn3C)cc1)c1ccccc1. The van der Waals surface area contributed by atoms with E-state index >= 15 is 0 Å². The molecule has 1 fully saturated rings. The Bertz CT molecular complexity index is 1280. The first-order valence-electron chi connectivity index (χ1n) is 10.9. The van der Waals surface area contributed by atoms with Gasteiger partial charge in [-0.1, -0.05) is 42.5 Å². The van der Waals surface area contributed by atoms with Crippen LogP contribution in [0.15, 0.2) is 60.7 Å². The summed E-state index contributed by atoms with van der Waals surface area (Å²) in [5.41, 5.74) is 11.9. The maximum atomic E-state index is 12.4. The van der Waals surface area contributed by atoms with Gasteiger partial charge >= 0.3 is 6.03 Å². The Morgan fingerprint density at radius 2 is 1.84 bits per heavy atom. The van der Waals surface area contributed by atoms with E-state index in [-0.39, 0.29) is 12.1 Å². The maximum absolute atomic E-state index is 12.4. The van der Waals surface area contributed by atoms with Gasteiger partial charge in [-0.15, -0.1) is 0 Å². The van der Waals surface area contributed by atoms with Crippen LogP contribution in [-0.4, -0.2) is 20.8 Å². The number of aryl methyl sites for hydroxylation is 1. The van der Waals surface area contributed by atoms with Gasteiger partial charge in [0.05, 0.1) is 11.4 Å². The first-order chi connectivity index (χ1) is 15.5. The third-order valence-electron chi connectivity index (χ3n) is 5.94. The quantitative estimate of drug-likeness (QED) is 0.419. The zero-order valence-electron chi connectivity index (χ0n) is 18.2. The Morgan fingerprint density at radius 3 is 2.53 bits per heavy atom. The molecule has 2 aromatic heterocycles. The molecule has 162 valence electrons. The summed E-state index contributed by atoms with van der Waals surface area (Å²) in [4.78, 5) is 17.3. The summed E-state index contributed by atoms with van der Waals surface area (Å²) in [5, 5.41) is 11.1. The third kappa shape index (κ3) is 3.89. The minimum atomic E-state index is -0.243. The normalized spacial score (nSPS) is 14.3. The highest BCUT2D eigenvalue weighted by molar-refractivity contribution is 6.00. The van der Waals surface area contributed by atoms with Crippen LogP contribution in [0.5, 0.6) is 0 Å². The molecule has 4 aromatic rings. The standard InChI is InChI=1S/C25H26N6O/c1-15(16-6-4-3-5-7-16)27-25(32)28-19-12-10-17(11-13-19)20-14-21(18-8-9-18)29-24-22(20)23(26)30-31(24)2/h3-7,10-15,18H,8-9H2,1-2H3,(H2,26,30)(H2,27,28,32). The first kappa shape index (κ1) is 20.1. The number of anilines is 2. The molecule has 1 aliphatic carbocycles. The smallest absolute Gasteiger partial charge is 0.319 e. The van der Waals surface area contributed by atoms with E-state index in [1.807, 2.05) is 68.6 Å². The molecular formula is C25H26N6O. The summed E-state index contributed by atoms with van der Waals surface area (Å²) in [6.45, 7) is 1.96. The van der Waals surface area contributed by atoms with Gasteiger partial charge in [0.2, 0.25) is 0 Å². The highest BCUT2D eigenvalue weighted by atomic mass is 16.2. The Labute approximate surface area is 186 Å². The molecule has 2 heterocycles. The van der Waals surface area contributed by atoms with E-state index in [2.05, 4.69) is 21.8 Å². The van der Waals surface area contributed by atoms with Crippen LogP contribution in [0.4, 0.5) is 16.3 Å². The Balaban J connectivity index is 1.37. The average molecular weight is 427 g/mol. The number of aromatic nitrogens is 3. The van der Waals surface area contributed by atoms with Gasteiger partial charge in [-0.2, -0.15) is 5.10 Å². The molecular weight excluding hydrogens is 400 g/mol. The molecule has 7 heteroatoms. The van der Waals surface area contributed by atoms with Crippen molar-refractivity contribution in [3.63, 3.8) is 0 Å². The number of hydrogen-bond donors (Lipinski definition) is 3. The van der Waals surface area contributed by atoms with Crippen molar-refractivity contribution in [3.05, 3.63) is 71.9 Å². The van der Waals surface area contributed by atoms with E-state index < -0.39 is 0 Å². The van der Waals surface area contributed by atoms with Crippen LogP contribution in [0.1, 0.15) is 43.0 Å². The van der Waals surface area contributed by atoms with Gasteiger partial charge in [0, 0.05) is 24.3 Å². The molecule has 1 atom stereocenters. The molecule has 5 rings (SSSR count). The number of fused-ring (bicyclic) bond motifs is 1. The van der Waals surface area contributed by atoms with Crippen LogP contribution in [0, 0.1) is 0 Å². The first-order valence-corrected chi connectivity index (χ1v) is 10.9. The van der Waals surface area contributed by atoms with E-state index in [4.69, 9.17) is 10.7 Å². The monoisotopic (exact) mass is 426 g/mol. The van der Waals surface area contributed by atoms with E-state index in [1.54, 1.807) is 4.68 Å². The number of carbonyl (C=O) groups excluding carboxylic acids is 1. The molecule has 1 aliphatic rings. The summed E-state index contributed by atoms with van der Waals surface area (Å²) in [6, 6.07) is 19.5. The van der Waals surface area contributed by atoms with Crippen LogP contribution in [0.25, 0.3) is 22.2 Å². The van der Waals surface area contributed by atoms with E-state index in [1.165, 1.54) is 12.8 Å². The summed E-state index contributed by atoms with van der Waals surface area (Å²) in [6.07, 6.45) is 2.34. The predicted molar refractivity (Wildman–Crippen MR) is 127 cm³/mol. The summed E-state index contributed by atoms with van der Waals surface area (Å²) < 4.78 is 1.74. The van der Waals surface area contributed by atoms with Crippen molar-refractivity contribution in [1.29, 1.82) is 0 Å². The van der Waals surface area contributed by atoms with Gasteiger partial charge in [0.1, 0.15) is 0 Å². The number of carbonyl (C=O) groups is 1. The molecule has 0 radical (unpaired) electrons. The number of benzene rings is 2. The van der Waals surface area contributed by atoms with Crippen molar-refractivity contribution in [3.8, 4) is 11.1 Å². The molecule has 32 heavy (non-hydrogen) atoms. The molecule has 2 aromatic carbocycles. The van der Waals surface area contributed by atoms with E-state index in [0.717, 1.165) is 39.1 Å². The van der Waals surface area contributed by atoms with Crippen molar-refractivity contribution in [2.45, 2.75) is 31.7 Å². The second-order valence-corrected chi connectivity index (χ2v) is 8.38. The molecule has 1 unspecified atom stereocenters. The lowest BCUT2D eigenvalue weighted by Gasteiger charge is -2.15. The van der Waals surface area contributed by atoms with Crippen LogP contribution < -0.4 is 16.4 Å². The zero-order valence-corrected chi connectivity index (χ0v) is 18.2. The van der Waals surface area contributed by atoms with E-state index in [9.17, 15) is 4.79 Å². The molecule has 0 aliphatic heterocycles. The van der Waals surface area contributed by atoms with Gasteiger partial charge in [-0.05, 0) is 54.7 Å². The minimum absolute atomic E-state index is 0.0880. The number of nitrogen functional groups attached to an aromatic ring is 1. The second-order valence-electron chi connectivity index (χ2n) is 8.38. The number of rotatable bonds is 5. The molecule has 4 N–H and O–H groups in total. The van der Waals surface area contributed by atoms with E-state index in [0.29, 0.717) is 11.7 Å². The average Bonchev–Trinajstić information content (AvgIpc) is 3.60. The summed E-state index contributed by atoms with van der Waals surface area (Å²) in [5.74, 6) is 0.995. The third-order valence-corrected chi connectivity index (χ3v) is 5.94. The fraction of sp³-hybridized carbons (Fsp3) is 0.240. The molecule has 0 saturated heterocycles. The number of nitrogens with two attached hydrogens (primary N) is 1. The van der Waals surface area contributed by atoms with Crippen LogP contribution in [0.2, 0.25) is 0 Å². The number of nitrogens with zero attached hydrogens (tertiary/aromatic N) is 3. The summed E-state index contributed by atoms with van der Waals surface area (Å²) in [7, 11) is 1.87. The number of pyridine rings is 1. The summed E-state index contributed by atoms with van der Waals surface area (Å²) >= 11 is 0. The lowest BCUT2D eigenvalue weighted by atomic mass is 10.0. The van der Waals surface area contributed by atoms with Gasteiger partial charge in [0.15, 0.2) is 11.5 Å². The lowest BCUT2D eigenvalue weighted by molar-refractivity contribution is 0.249. The van der Waals surface area contributed by atoms with Gasteiger partial charge in [-0.3, -0.25) is 0 Å². The van der Waals surface area contributed by atoms with Crippen molar-refractivity contribution >= 4 is 28.6 Å². The van der Waals surface area contributed by atoms with Crippen LogP contribution in [-0.2, 0) is 7.05 Å². The Morgan fingerprint density at radius 1 is 1.12 bits per heavy atom. The number of amides is 2. The largest absolute Gasteiger partial charge is 0.382 e. The molecule has 1 saturated carbocycles. The predicted octanol–water partition coefficient (Wildman–Crippen LogP) is 4.98. The Hall–Kier alpha value is -3.87. The molecule has 0 bridgehead atoms. The van der Waals surface area contributed by atoms with Crippen molar-refractivity contribution in [2.75, 3.05) is 11.1 Å². The van der Waals surface area contributed by atoms with Crippen LogP contribution in [0.3, 0.4) is 0 Å². The minimum Gasteiger partial charge on any atom is -0.382 e. The fourth-order valence-electron chi connectivity index (χ4n) is 4.03. The van der Waals surface area contributed by atoms with Gasteiger partial charge in [-0.25, -0.2) is 14.5 Å².